The van der Waals surface area contributed by atoms with Gasteiger partial charge in [0.1, 0.15) is 11.5 Å². The minimum atomic E-state index is 0.198. The topological polar surface area (TPSA) is 63.3 Å². The number of nitrogens with zero attached hydrogens (tertiary/aromatic N) is 6. The first kappa shape index (κ1) is 55.4. The SMILES string of the molecule is Cc1cc(C)cc(-c2cccc3c4cccc(-c5cc(C)cc(C)c5)c4n(-c4ccc(O)c(N5CN(CN6CN(c7cc(-n8c9c(-c%10cc(C)cc(C)c%10)cccc9c9cccc(-c%10cc(C)cc(C)c%10)c98)ccc7O)c7ccccc76)c6ccccc65)c4)c23)c1. The van der Waals surface area contributed by atoms with Crippen molar-refractivity contribution >= 4 is 77.7 Å². The van der Waals surface area contributed by atoms with Gasteiger partial charge in [0.2, 0.25) is 0 Å². The van der Waals surface area contributed by atoms with E-state index < -0.39 is 0 Å². The van der Waals surface area contributed by atoms with E-state index in [-0.39, 0.29) is 11.5 Å². The molecule has 4 heterocycles. The molecule has 2 N–H and O–H groups in total. The van der Waals surface area contributed by atoms with Gasteiger partial charge in [-0.15, -0.1) is 0 Å². The van der Waals surface area contributed by atoms with Crippen LogP contribution in [0, 0.1) is 55.4 Å². The van der Waals surface area contributed by atoms with Gasteiger partial charge in [-0.05, 0) is 138 Å². The maximum atomic E-state index is 12.3. The number of phenolic OH excluding ortho intramolecular Hbond substituents is 2. The number of benzene rings is 12. The van der Waals surface area contributed by atoms with Gasteiger partial charge in [-0.1, -0.05) is 214 Å². The molecule has 0 atom stereocenters. The maximum absolute atomic E-state index is 12.3. The predicted octanol–water partition coefficient (Wildman–Crippen LogP) is 20.9. The Morgan fingerprint density at radius 1 is 0.275 bits per heavy atom. The molecule has 2 aliphatic heterocycles. The minimum Gasteiger partial charge on any atom is -0.506 e. The molecule has 8 nitrogen and oxygen atoms in total. The number of aryl methyl sites for hydroxylation is 8. The first-order valence-corrected chi connectivity index (χ1v) is 31.6. The van der Waals surface area contributed by atoms with Crippen LogP contribution in [0.3, 0.4) is 0 Å². The summed E-state index contributed by atoms with van der Waals surface area (Å²) in [5.74, 6) is 0.396. The second-order valence-electron chi connectivity index (χ2n) is 25.7. The lowest BCUT2D eigenvalue weighted by atomic mass is 9.97. The Morgan fingerprint density at radius 2 is 0.549 bits per heavy atom. The molecule has 0 unspecified atom stereocenters. The zero-order chi connectivity index (χ0) is 62.1. The van der Waals surface area contributed by atoms with E-state index in [9.17, 15) is 10.2 Å². The quantitative estimate of drug-likeness (QED) is 0.142. The first-order valence-electron chi connectivity index (χ1n) is 31.6. The van der Waals surface area contributed by atoms with Crippen molar-refractivity contribution < 1.29 is 10.2 Å². The lowest BCUT2D eigenvalue weighted by Crippen LogP contribution is -2.40. The van der Waals surface area contributed by atoms with Crippen molar-refractivity contribution in [3.8, 4) is 67.4 Å². The Morgan fingerprint density at radius 3 is 0.835 bits per heavy atom. The van der Waals surface area contributed by atoms with Crippen molar-refractivity contribution in [3.05, 3.63) is 275 Å². The van der Waals surface area contributed by atoms with Gasteiger partial charge < -0.3 is 38.9 Å². The van der Waals surface area contributed by atoms with Gasteiger partial charge in [-0.3, -0.25) is 0 Å². The standard InChI is InChI=1S/C83H70N6O2/c1-50-33-51(2)38-58(37-50)64-17-13-21-68-69-22-14-18-65(59-39-52(3)34-53(4)40-59)81(69)88(80(64)68)62-29-31-78(90)76(45-62)86-48-84(72-25-9-11-27-74(72)86)47-85-49-87(75-28-12-10-26-73(75)85)77-46-63(30-32-79(77)91)89-82-66(60-41-54(5)35-55(6)42-60)19-15-23-70(82)71-24-16-20-67(83(71)89)61-43-56(7)36-57(8)44-61/h9-46,90-91H,47-49H2,1-8H3. The summed E-state index contributed by atoms with van der Waals surface area (Å²) in [5.41, 5.74) is 30.9. The van der Waals surface area contributed by atoms with Gasteiger partial charge >= 0.3 is 0 Å². The lowest BCUT2D eigenvalue weighted by molar-refractivity contribution is 0.475. The Hall–Kier alpha value is -11.0. The van der Waals surface area contributed by atoms with Gasteiger partial charge in [0.05, 0.1) is 76.2 Å². The Labute approximate surface area is 531 Å². The fourth-order valence-corrected chi connectivity index (χ4v) is 15.4. The molecule has 444 valence electrons. The molecule has 0 radical (unpaired) electrons. The Kier molecular flexibility index (Phi) is 13.0. The molecule has 0 spiro atoms. The molecule has 2 aromatic heterocycles. The van der Waals surface area contributed by atoms with Crippen LogP contribution in [-0.2, 0) is 0 Å². The number of hydrogen-bond donors (Lipinski definition) is 2. The van der Waals surface area contributed by atoms with Crippen molar-refractivity contribution in [2.75, 3.05) is 39.6 Å². The van der Waals surface area contributed by atoms with E-state index in [1.54, 1.807) is 0 Å². The molecular weight excluding hydrogens is 1110 g/mol. The fraction of sp³-hybridized carbons (Fsp3) is 0.133. The average molecular weight is 1180 g/mol. The summed E-state index contributed by atoms with van der Waals surface area (Å²) >= 11 is 0. The molecule has 8 heteroatoms. The molecule has 16 rings (SSSR count). The molecule has 0 aliphatic carbocycles. The van der Waals surface area contributed by atoms with Crippen LogP contribution in [0.15, 0.2) is 231 Å². The summed E-state index contributed by atoms with van der Waals surface area (Å²) in [6.07, 6.45) is 0. The average Bonchev–Trinajstić information content (AvgIpc) is 1.59. The summed E-state index contributed by atoms with van der Waals surface area (Å²) in [6.45, 7) is 18.9. The highest BCUT2D eigenvalue weighted by atomic mass is 16.3. The number of anilines is 6. The molecule has 91 heavy (non-hydrogen) atoms. The zero-order valence-electron chi connectivity index (χ0n) is 52.6. The summed E-state index contributed by atoms with van der Waals surface area (Å²) < 4.78 is 4.89. The third-order valence-corrected chi connectivity index (χ3v) is 18.8. The second kappa shape index (κ2) is 21.4. The molecule has 2 aliphatic rings. The Bertz CT molecular complexity index is 4710. The van der Waals surface area contributed by atoms with Gasteiger partial charge in [0.25, 0.3) is 0 Å². The van der Waals surface area contributed by atoms with E-state index in [0.29, 0.717) is 31.4 Å². The number of rotatable bonds is 10. The summed E-state index contributed by atoms with van der Waals surface area (Å²) in [7, 11) is 0. The lowest BCUT2D eigenvalue weighted by Gasteiger charge is -2.29. The van der Waals surface area contributed by atoms with Crippen molar-refractivity contribution in [1.29, 1.82) is 0 Å². The molecule has 0 fully saturated rings. The molecular formula is C83H70N6O2. The van der Waals surface area contributed by atoms with Gasteiger partial charge in [0.15, 0.2) is 0 Å². The van der Waals surface area contributed by atoms with Crippen LogP contribution in [0.1, 0.15) is 44.5 Å². The monoisotopic (exact) mass is 1180 g/mol. The largest absolute Gasteiger partial charge is 0.506 e. The maximum Gasteiger partial charge on any atom is 0.139 e. The third kappa shape index (κ3) is 9.26. The predicted molar refractivity (Wildman–Crippen MR) is 381 cm³/mol. The zero-order valence-corrected chi connectivity index (χ0v) is 52.6. The minimum absolute atomic E-state index is 0.198. The molecule has 14 aromatic rings. The van der Waals surface area contributed by atoms with Crippen molar-refractivity contribution in [1.82, 2.24) is 9.13 Å². The number of phenols is 2. The van der Waals surface area contributed by atoms with Gasteiger partial charge in [0, 0.05) is 55.2 Å². The van der Waals surface area contributed by atoms with E-state index in [2.05, 4.69) is 303 Å². The van der Waals surface area contributed by atoms with Crippen molar-refractivity contribution in [3.63, 3.8) is 0 Å². The fourth-order valence-electron chi connectivity index (χ4n) is 15.4. The molecule has 0 saturated heterocycles. The van der Waals surface area contributed by atoms with Crippen LogP contribution in [0.4, 0.5) is 34.1 Å². The van der Waals surface area contributed by atoms with Crippen LogP contribution in [-0.4, -0.2) is 39.4 Å². The van der Waals surface area contributed by atoms with E-state index in [4.69, 9.17) is 0 Å². The smallest absolute Gasteiger partial charge is 0.139 e. The van der Waals surface area contributed by atoms with Gasteiger partial charge in [-0.2, -0.15) is 0 Å². The number of para-hydroxylation sites is 8. The van der Waals surface area contributed by atoms with Gasteiger partial charge in [-0.25, -0.2) is 0 Å². The normalized spacial score (nSPS) is 13.0. The number of aromatic nitrogens is 2. The highest BCUT2D eigenvalue weighted by molar-refractivity contribution is 6.19. The third-order valence-electron chi connectivity index (χ3n) is 18.8. The van der Waals surface area contributed by atoms with Crippen LogP contribution >= 0.6 is 0 Å². The van der Waals surface area contributed by atoms with Crippen molar-refractivity contribution in [2.45, 2.75) is 55.4 Å². The van der Waals surface area contributed by atoms with Crippen molar-refractivity contribution in [2.24, 2.45) is 0 Å². The molecule has 12 aromatic carbocycles. The highest BCUT2D eigenvalue weighted by Gasteiger charge is 2.35. The molecule has 0 saturated carbocycles. The summed E-state index contributed by atoms with van der Waals surface area (Å²) in [6, 6.07) is 83.5. The number of fused-ring (bicyclic) bond motifs is 8. The Balaban J connectivity index is 0.797. The summed E-state index contributed by atoms with van der Waals surface area (Å²) in [4.78, 5) is 9.32. The molecule has 0 bridgehead atoms. The van der Waals surface area contributed by atoms with E-state index in [1.807, 2.05) is 12.1 Å². The second-order valence-corrected chi connectivity index (χ2v) is 25.7. The number of hydrogen-bond acceptors (Lipinski definition) is 6. The first-order chi connectivity index (χ1) is 44.2. The number of aromatic hydroxyl groups is 2. The molecule has 0 amide bonds. The van der Waals surface area contributed by atoms with Crippen LogP contribution < -0.4 is 19.6 Å². The van der Waals surface area contributed by atoms with Crippen LogP contribution in [0.2, 0.25) is 0 Å². The van der Waals surface area contributed by atoms with E-state index in [0.717, 1.165) is 78.4 Å². The highest BCUT2D eigenvalue weighted by Crippen LogP contribution is 2.51. The summed E-state index contributed by atoms with van der Waals surface area (Å²) in [5, 5.41) is 29.3. The van der Waals surface area contributed by atoms with Crippen LogP contribution in [0.25, 0.3) is 99.5 Å². The van der Waals surface area contributed by atoms with E-state index in [1.165, 1.54) is 88.3 Å². The van der Waals surface area contributed by atoms with Crippen LogP contribution in [0.5, 0.6) is 11.5 Å². The van der Waals surface area contributed by atoms with E-state index >= 15 is 0 Å².